The Hall–Kier alpha value is -1.95. The lowest BCUT2D eigenvalue weighted by Gasteiger charge is -2.06. The Labute approximate surface area is 122 Å². The Balaban J connectivity index is 1.64. The van der Waals surface area contributed by atoms with Crippen molar-refractivity contribution < 1.29 is 4.79 Å². The summed E-state index contributed by atoms with van der Waals surface area (Å²) in [7, 11) is 0. The molecule has 0 saturated carbocycles. The van der Waals surface area contributed by atoms with Gasteiger partial charge in [0.2, 0.25) is 0 Å². The predicted molar refractivity (Wildman–Crippen MR) is 81.2 cm³/mol. The lowest BCUT2D eigenvalue weighted by Crippen LogP contribution is -2.25. The van der Waals surface area contributed by atoms with Gasteiger partial charge in [0.05, 0.1) is 11.2 Å². The van der Waals surface area contributed by atoms with Crippen LogP contribution in [0, 0.1) is 0 Å². The van der Waals surface area contributed by atoms with Crippen molar-refractivity contribution in [1.82, 2.24) is 15.3 Å². The molecule has 20 heavy (non-hydrogen) atoms. The van der Waals surface area contributed by atoms with Crippen LogP contribution >= 0.6 is 11.3 Å². The van der Waals surface area contributed by atoms with Crippen LogP contribution in [0.3, 0.4) is 0 Å². The number of hydrogen-bond donors (Lipinski definition) is 2. The van der Waals surface area contributed by atoms with Crippen molar-refractivity contribution in [2.24, 2.45) is 0 Å². The zero-order chi connectivity index (χ0) is 14.2. The largest absolute Gasteiger partial charge is 0.385 e. The second-order valence-corrected chi connectivity index (χ2v) is 5.36. The molecule has 0 aromatic carbocycles. The molecule has 2 aromatic rings. The Morgan fingerprint density at radius 3 is 2.80 bits per heavy atom. The fourth-order valence-corrected chi connectivity index (χ4v) is 2.43. The highest BCUT2D eigenvalue weighted by molar-refractivity contribution is 7.13. The van der Waals surface area contributed by atoms with Gasteiger partial charge in [0.1, 0.15) is 4.88 Å². The summed E-state index contributed by atoms with van der Waals surface area (Å²) in [5.74, 6) is -0.0360. The minimum Gasteiger partial charge on any atom is -0.385 e. The van der Waals surface area contributed by atoms with Crippen LogP contribution in [0.25, 0.3) is 0 Å². The van der Waals surface area contributed by atoms with E-state index in [2.05, 4.69) is 20.6 Å². The molecule has 0 atom stereocenters. The van der Waals surface area contributed by atoms with Gasteiger partial charge in [-0.25, -0.2) is 4.98 Å². The number of pyridine rings is 1. The minimum absolute atomic E-state index is 0.0360. The lowest BCUT2D eigenvalue weighted by molar-refractivity contribution is 0.0957. The molecule has 2 aromatic heterocycles. The first-order chi connectivity index (χ1) is 9.79. The molecule has 106 valence electrons. The molecule has 0 aliphatic heterocycles. The average Bonchev–Trinajstić information content (AvgIpc) is 2.97. The Morgan fingerprint density at radius 2 is 2.10 bits per heavy atom. The number of carbonyl (C=O) groups excluding carboxylic acids is 1. The first-order valence-electron chi connectivity index (χ1n) is 6.66. The van der Waals surface area contributed by atoms with Gasteiger partial charge in [-0.1, -0.05) is 6.92 Å². The molecule has 0 aliphatic carbocycles. The average molecular weight is 290 g/mol. The second-order valence-electron chi connectivity index (χ2n) is 4.24. The molecule has 2 heterocycles. The van der Waals surface area contributed by atoms with Gasteiger partial charge in [-0.15, -0.1) is 11.3 Å². The van der Waals surface area contributed by atoms with Crippen LogP contribution in [0.1, 0.15) is 28.0 Å². The van der Waals surface area contributed by atoms with Gasteiger partial charge in [-0.05, 0) is 25.0 Å². The summed E-state index contributed by atoms with van der Waals surface area (Å²) >= 11 is 1.46. The van der Waals surface area contributed by atoms with Gasteiger partial charge in [0.15, 0.2) is 0 Å². The summed E-state index contributed by atoms with van der Waals surface area (Å²) < 4.78 is 0. The van der Waals surface area contributed by atoms with E-state index in [1.54, 1.807) is 18.6 Å². The number of amides is 1. The highest BCUT2D eigenvalue weighted by Gasteiger charge is 2.08. The minimum atomic E-state index is -0.0360. The molecule has 0 spiro atoms. The van der Waals surface area contributed by atoms with E-state index in [0.29, 0.717) is 11.4 Å². The van der Waals surface area contributed by atoms with Crippen molar-refractivity contribution in [3.8, 4) is 0 Å². The van der Waals surface area contributed by atoms with Crippen molar-refractivity contribution in [3.63, 3.8) is 0 Å². The monoisotopic (exact) mass is 290 g/mol. The molecule has 6 heteroatoms. The van der Waals surface area contributed by atoms with E-state index in [1.807, 2.05) is 19.1 Å². The van der Waals surface area contributed by atoms with E-state index in [-0.39, 0.29) is 5.91 Å². The van der Waals surface area contributed by atoms with E-state index >= 15 is 0 Å². The van der Waals surface area contributed by atoms with Gasteiger partial charge in [0.25, 0.3) is 5.91 Å². The zero-order valence-corrected chi connectivity index (χ0v) is 12.2. The quantitative estimate of drug-likeness (QED) is 0.768. The summed E-state index contributed by atoms with van der Waals surface area (Å²) in [6.07, 6.45) is 6.88. The van der Waals surface area contributed by atoms with E-state index in [1.165, 1.54) is 11.3 Å². The highest BCUT2D eigenvalue weighted by atomic mass is 32.1. The predicted octanol–water partition coefficient (Wildman–Crippen LogP) is 2.33. The number of nitrogens with one attached hydrogen (secondary N) is 2. The summed E-state index contributed by atoms with van der Waals surface area (Å²) in [5.41, 5.74) is 1.04. The number of nitrogens with zero attached hydrogens (tertiary/aromatic N) is 2. The van der Waals surface area contributed by atoms with E-state index in [4.69, 9.17) is 0 Å². The van der Waals surface area contributed by atoms with E-state index < -0.39 is 0 Å². The summed E-state index contributed by atoms with van der Waals surface area (Å²) in [6, 6.07) is 3.84. The maximum atomic E-state index is 11.8. The molecular formula is C14H18N4OS. The third kappa shape index (κ3) is 4.31. The van der Waals surface area contributed by atoms with Gasteiger partial charge in [-0.2, -0.15) is 0 Å². The van der Waals surface area contributed by atoms with Gasteiger partial charge < -0.3 is 10.6 Å². The third-order valence-corrected chi connectivity index (χ3v) is 3.87. The van der Waals surface area contributed by atoms with Crippen LogP contribution in [0.15, 0.2) is 30.7 Å². The van der Waals surface area contributed by atoms with Crippen molar-refractivity contribution in [2.75, 3.05) is 18.4 Å². The molecule has 0 bridgehead atoms. The fourth-order valence-electron chi connectivity index (χ4n) is 1.66. The number of hydrogen-bond acceptors (Lipinski definition) is 5. The molecule has 2 N–H and O–H groups in total. The van der Waals surface area contributed by atoms with Crippen LogP contribution in [0.2, 0.25) is 0 Å². The molecule has 0 unspecified atom stereocenters. The van der Waals surface area contributed by atoms with Crippen LogP contribution < -0.4 is 10.6 Å². The van der Waals surface area contributed by atoms with Crippen molar-refractivity contribution in [3.05, 3.63) is 40.6 Å². The molecule has 0 saturated heterocycles. The topological polar surface area (TPSA) is 66.9 Å². The molecule has 1 amide bonds. The number of thiazole rings is 1. The van der Waals surface area contributed by atoms with Crippen LogP contribution in [-0.4, -0.2) is 29.0 Å². The lowest BCUT2D eigenvalue weighted by atomic mass is 10.3. The van der Waals surface area contributed by atoms with Crippen LogP contribution in [0.5, 0.6) is 0 Å². The second kappa shape index (κ2) is 7.59. The maximum Gasteiger partial charge on any atom is 0.263 e. The van der Waals surface area contributed by atoms with E-state index in [9.17, 15) is 4.79 Å². The van der Waals surface area contributed by atoms with Crippen molar-refractivity contribution in [1.29, 1.82) is 0 Å². The SMILES string of the molecule is CCc1ncc(C(=O)NCCCNc2ccncc2)s1. The molecular weight excluding hydrogens is 272 g/mol. The number of aromatic nitrogens is 2. The molecule has 0 aliphatic rings. The first kappa shape index (κ1) is 14.5. The zero-order valence-electron chi connectivity index (χ0n) is 11.4. The smallest absolute Gasteiger partial charge is 0.263 e. The number of rotatable bonds is 7. The molecule has 0 radical (unpaired) electrons. The Morgan fingerprint density at radius 1 is 1.30 bits per heavy atom. The third-order valence-electron chi connectivity index (χ3n) is 2.73. The fraction of sp³-hybridized carbons (Fsp3) is 0.357. The van der Waals surface area contributed by atoms with Gasteiger partial charge >= 0.3 is 0 Å². The maximum absolute atomic E-state index is 11.8. The van der Waals surface area contributed by atoms with Gasteiger partial charge in [0, 0.05) is 31.2 Å². The molecule has 0 fully saturated rings. The summed E-state index contributed by atoms with van der Waals surface area (Å²) in [5, 5.41) is 7.17. The number of aryl methyl sites for hydroxylation is 1. The Bertz CT molecular complexity index is 541. The molecule has 5 nitrogen and oxygen atoms in total. The Kier molecular flexibility index (Phi) is 5.49. The number of anilines is 1. The van der Waals surface area contributed by atoms with Gasteiger partial charge in [-0.3, -0.25) is 9.78 Å². The highest BCUT2D eigenvalue weighted by Crippen LogP contribution is 2.12. The summed E-state index contributed by atoms with van der Waals surface area (Å²) in [4.78, 5) is 20.7. The molecule has 2 rings (SSSR count). The van der Waals surface area contributed by atoms with Crippen molar-refractivity contribution in [2.45, 2.75) is 19.8 Å². The first-order valence-corrected chi connectivity index (χ1v) is 7.48. The van der Waals surface area contributed by atoms with Crippen LogP contribution in [-0.2, 0) is 6.42 Å². The standard InChI is InChI=1S/C14H18N4OS/c1-2-13-18-10-12(20-13)14(19)17-7-3-6-16-11-4-8-15-9-5-11/h4-5,8-10H,2-3,6-7H2,1H3,(H,15,16)(H,17,19). The number of carbonyl (C=O) groups is 1. The van der Waals surface area contributed by atoms with Crippen molar-refractivity contribution >= 4 is 22.9 Å². The van der Waals surface area contributed by atoms with E-state index in [0.717, 1.165) is 30.1 Å². The summed E-state index contributed by atoms with van der Waals surface area (Å²) in [6.45, 7) is 3.49. The van der Waals surface area contributed by atoms with Crippen LogP contribution in [0.4, 0.5) is 5.69 Å². The normalized spacial score (nSPS) is 10.2.